The molecule has 0 radical (unpaired) electrons. The number of hydrogen-bond donors (Lipinski definition) is 2. The number of amides is 1. The number of nitrogens with one attached hydrogen (secondary N) is 1. The Morgan fingerprint density at radius 3 is 2.39 bits per heavy atom. The van der Waals surface area contributed by atoms with Crippen molar-refractivity contribution in [2.75, 3.05) is 0 Å². The number of hydrogen-bond acceptors (Lipinski definition) is 2. The first kappa shape index (κ1) is 13.9. The van der Waals surface area contributed by atoms with Gasteiger partial charge in [0.2, 0.25) is 5.91 Å². The molecule has 3 N–H and O–H groups in total. The van der Waals surface area contributed by atoms with Gasteiger partial charge in [-0.05, 0) is 38.0 Å². The van der Waals surface area contributed by atoms with Gasteiger partial charge in [-0.1, -0.05) is 39.0 Å². The second-order valence-electron chi connectivity index (χ2n) is 6.30. The number of nitrogens with two attached hydrogens (primary N) is 1. The Morgan fingerprint density at radius 2 is 1.89 bits per heavy atom. The molecular formula is C15H28N2O. The van der Waals surface area contributed by atoms with E-state index in [2.05, 4.69) is 12.2 Å². The SMILES string of the molecule is CCC1CCC(NC2CCCCCC2)(C(N)=O)C1. The Bertz CT molecular complexity index is 284. The molecule has 2 rings (SSSR count). The van der Waals surface area contributed by atoms with Crippen LogP contribution in [0.2, 0.25) is 0 Å². The summed E-state index contributed by atoms with van der Waals surface area (Å²) in [4.78, 5) is 11.9. The molecule has 2 saturated carbocycles. The van der Waals surface area contributed by atoms with E-state index in [1.54, 1.807) is 0 Å². The molecule has 0 aromatic heterocycles. The number of carbonyl (C=O) groups is 1. The van der Waals surface area contributed by atoms with Gasteiger partial charge in [-0.3, -0.25) is 4.79 Å². The molecule has 3 nitrogen and oxygen atoms in total. The maximum absolute atomic E-state index is 11.9. The van der Waals surface area contributed by atoms with Crippen LogP contribution < -0.4 is 11.1 Å². The topological polar surface area (TPSA) is 55.1 Å². The third kappa shape index (κ3) is 3.05. The minimum absolute atomic E-state index is 0.123. The van der Waals surface area contributed by atoms with Gasteiger partial charge in [-0.2, -0.15) is 0 Å². The van der Waals surface area contributed by atoms with Gasteiger partial charge < -0.3 is 11.1 Å². The van der Waals surface area contributed by atoms with Gasteiger partial charge in [0.25, 0.3) is 0 Å². The molecule has 0 bridgehead atoms. The van der Waals surface area contributed by atoms with E-state index < -0.39 is 5.54 Å². The van der Waals surface area contributed by atoms with Gasteiger partial charge in [0.1, 0.15) is 0 Å². The molecule has 3 heteroatoms. The molecule has 0 aromatic rings. The lowest BCUT2D eigenvalue weighted by atomic mass is 9.91. The van der Waals surface area contributed by atoms with E-state index in [0.29, 0.717) is 12.0 Å². The van der Waals surface area contributed by atoms with Crippen molar-refractivity contribution in [2.45, 2.75) is 82.7 Å². The van der Waals surface area contributed by atoms with Crippen molar-refractivity contribution < 1.29 is 4.79 Å². The Kier molecular flexibility index (Phi) is 4.66. The van der Waals surface area contributed by atoms with Gasteiger partial charge in [0, 0.05) is 6.04 Å². The average Bonchev–Trinajstić information content (AvgIpc) is 2.61. The summed E-state index contributed by atoms with van der Waals surface area (Å²) in [5, 5.41) is 3.66. The van der Waals surface area contributed by atoms with Crippen molar-refractivity contribution in [2.24, 2.45) is 11.7 Å². The fourth-order valence-corrected chi connectivity index (χ4v) is 3.74. The first-order valence-corrected chi connectivity index (χ1v) is 7.74. The number of primary amides is 1. The monoisotopic (exact) mass is 252 g/mol. The van der Waals surface area contributed by atoms with E-state index in [1.165, 1.54) is 44.9 Å². The van der Waals surface area contributed by atoms with E-state index in [9.17, 15) is 4.79 Å². The summed E-state index contributed by atoms with van der Waals surface area (Å²) in [5.74, 6) is 0.554. The molecule has 104 valence electrons. The lowest BCUT2D eigenvalue weighted by molar-refractivity contribution is -0.124. The van der Waals surface area contributed by atoms with Crippen molar-refractivity contribution in [1.82, 2.24) is 5.32 Å². The Morgan fingerprint density at radius 1 is 1.22 bits per heavy atom. The molecule has 0 saturated heterocycles. The van der Waals surface area contributed by atoms with Gasteiger partial charge >= 0.3 is 0 Å². The predicted molar refractivity (Wildman–Crippen MR) is 74.2 cm³/mol. The Labute approximate surface area is 111 Å². The molecule has 0 aliphatic heterocycles. The minimum Gasteiger partial charge on any atom is -0.368 e. The first-order chi connectivity index (χ1) is 8.66. The molecule has 18 heavy (non-hydrogen) atoms. The van der Waals surface area contributed by atoms with E-state index in [4.69, 9.17) is 5.73 Å². The van der Waals surface area contributed by atoms with E-state index in [1.807, 2.05) is 0 Å². The summed E-state index contributed by atoms with van der Waals surface area (Å²) in [5.41, 5.74) is 5.31. The summed E-state index contributed by atoms with van der Waals surface area (Å²) >= 11 is 0. The van der Waals surface area contributed by atoms with Gasteiger partial charge in [-0.25, -0.2) is 0 Å². The lowest BCUT2D eigenvalue weighted by Gasteiger charge is -2.32. The molecule has 2 unspecified atom stereocenters. The highest BCUT2D eigenvalue weighted by atomic mass is 16.1. The molecule has 0 heterocycles. The highest BCUT2D eigenvalue weighted by molar-refractivity contribution is 5.85. The van der Waals surface area contributed by atoms with Crippen molar-refractivity contribution in [1.29, 1.82) is 0 Å². The third-order valence-corrected chi connectivity index (χ3v) is 5.00. The van der Waals surface area contributed by atoms with Crippen LogP contribution in [0.4, 0.5) is 0 Å². The fourth-order valence-electron chi connectivity index (χ4n) is 3.74. The average molecular weight is 252 g/mol. The largest absolute Gasteiger partial charge is 0.368 e. The van der Waals surface area contributed by atoms with Crippen molar-refractivity contribution in [3.05, 3.63) is 0 Å². The van der Waals surface area contributed by atoms with Gasteiger partial charge in [0.15, 0.2) is 0 Å². The highest BCUT2D eigenvalue weighted by Gasteiger charge is 2.44. The van der Waals surface area contributed by atoms with E-state index >= 15 is 0 Å². The summed E-state index contributed by atoms with van der Waals surface area (Å²) in [6.07, 6.45) is 11.9. The van der Waals surface area contributed by atoms with Crippen LogP contribution >= 0.6 is 0 Å². The van der Waals surface area contributed by atoms with Crippen LogP contribution in [0.15, 0.2) is 0 Å². The van der Waals surface area contributed by atoms with Crippen LogP contribution in [0.1, 0.15) is 71.1 Å². The second-order valence-corrected chi connectivity index (χ2v) is 6.30. The molecule has 0 aromatic carbocycles. The molecule has 1 amide bonds. The smallest absolute Gasteiger partial charge is 0.237 e. The first-order valence-electron chi connectivity index (χ1n) is 7.74. The van der Waals surface area contributed by atoms with Gasteiger partial charge in [-0.15, -0.1) is 0 Å². The standard InChI is InChI=1S/C15H28N2O/c1-2-12-9-10-15(11-12,14(16)18)17-13-7-5-3-4-6-8-13/h12-13,17H,2-11H2,1H3,(H2,16,18). The van der Waals surface area contributed by atoms with Crippen LogP contribution in [-0.4, -0.2) is 17.5 Å². The van der Waals surface area contributed by atoms with Crippen LogP contribution in [0.3, 0.4) is 0 Å². The van der Waals surface area contributed by atoms with Crippen molar-refractivity contribution >= 4 is 5.91 Å². The molecule has 0 spiro atoms. The van der Waals surface area contributed by atoms with E-state index in [0.717, 1.165) is 19.3 Å². The van der Waals surface area contributed by atoms with Gasteiger partial charge in [0.05, 0.1) is 5.54 Å². The number of rotatable bonds is 4. The van der Waals surface area contributed by atoms with Crippen molar-refractivity contribution in [3.8, 4) is 0 Å². The summed E-state index contributed by atoms with van der Waals surface area (Å²) in [6.45, 7) is 2.22. The lowest BCUT2D eigenvalue weighted by Crippen LogP contribution is -2.57. The Hall–Kier alpha value is -0.570. The highest BCUT2D eigenvalue weighted by Crippen LogP contribution is 2.37. The van der Waals surface area contributed by atoms with Crippen LogP contribution in [0.25, 0.3) is 0 Å². The van der Waals surface area contributed by atoms with Crippen LogP contribution in [-0.2, 0) is 4.79 Å². The maximum Gasteiger partial charge on any atom is 0.237 e. The molecule has 2 fully saturated rings. The third-order valence-electron chi connectivity index (χ3n) is 5.00. The molecule has 2 aliphatic rings. The van der Waals surface area contributed by atoms with E-state index in [-0.39, 0.29) is 5.91 Å². The molecular weight excluding hydrogens is 224 g/mol. The minimum atomic E-state index is -0.393. The summed E-state index contributed by atoms with van der Waals surface area (Å²) in [7, 11) is 0. The zero-order valence-corrected chi connectivity index (χ0v) is 11.7. The normalized spacial score (nSPS) is 34.4. The molecule has 2 aliphatic carbocycles. The molecule has 2 atom stereocenters. The van der Waals surface area contributed by atoms with Crippen LogP contribution in [0, 0.1) is 5.92 Å². The van der Waals surface area contributed by atoms with Crippen molar-refractivity contribution in [3.63, 3.8) is 0 Å². The zero-order valence-electron chi connectivity index (χ0n) is 11.7. The van der Waals surface area contributed by atoms with Crippen LogP contribution in [0.5, 0.6) is 0 Å². The summed E-state index contributed by atoms with van der Waals surface area (Å²) in [6, 6.07) is 0.510. The quantitative estimate of drug-likeness (QED) is 0.756. The summed E-state index contributed by atoms with van der Waals surface area (Å²) < 4.78 is 0. The second kappa shape index (κ2) is 6.05. The zero-order chi connectivity index (χ0) is 13.0. The predicted octanol–water partition coefficient (Wildman–Crippen LogP) is 2.73. The Balaban J connectivity index is 1.99. The maximum atomic E-state index is 11.9. The fraction of sp³-hybridized carbons (Fsp3) is 0.933. The number of carbonyl (C=O) groups excluding carboxylic acids is 1.